The van der Waals surface area contributed by atoms with Gasteiger partial charge in [0.2, 0.25) is 0 Å². The van der Waals surface area contributed by atoms with Crippen LogP contribution in [0.4, 0.5) is 0 Å². The lowest BCUT2D eigenvalue weighted by Gasteiger charge is -2.37. The van der Waals surface area contributed by atoms with Crippen molar-refractivity contribution in [3.63, 3.8) is 0 Å². The van der Waals surface area contributed by atoms with Crippen molar-refractivity contribution in [2.24, 2.45) is 0 Å². The predicted molar refractivity (Wildman–Crippen MR) is 114 cm³/mol. The Morgan fingerprint density at radius 2 is 1.94 bits per heavy atom. The summed E-state index contributed by atoms with van der Waals surface area (Å²) in [5, 5.41) is 13.7. The summed E-state index contributed by atoms with van der Waals surface area (Å²) in [7, 11) is 0. The summed E-state index contributed by atoms with van der Waals surface area (Å²) >= 11 is 0. The maximum atomic E-state index is 12.8. The highest BCUT2D eigenvalue weighted by Crippen LogP contribution is 2.32. The highest BCUT2D eigenvalue weighted by atomic mass is 16.5. The fraction of sp³-hybridized carbons (Fsp3) is 0.375. The molecule has 31 heavy (non-hydrogen) atoms. The Morgan fingerprint density at radius 3 is 2.68 bits per heavy atom. The van der Waals surface area contributed by atoms with Crippen molar-refractivity contribution in [1.29, 1.82) is 0 Å². The Bertz CT molecular complexity index is 1040. The number of fused-ring (bicyclic) bond motifs is 1. The van der Waals surface area contributed by atoms with E-state index in [2.05, 4.69) is 22.4 Å². The van der Waals surface area contributed by atoms with E-state index in [-0.39, 0.29) is 23.8 Å². The molecular weight excluding hydrogens is 394 g/mol. The summed E-state index contributed by atoms with van der Waals surface area (Å²) in [5.41, 5.74) is 2.77. The molecule has 160 valence electrons. The Morgan fingerprint density at radius 1 is 1.10 bits per heavy atom. The van der Waals surface area contributed by atoms with E-state index in [0.29, 0.717) is 31.0 Å². The highest BCUT2D eigenvalue weighted by molar-refractivity contribution is 6.01. The van der Waals surface area contributed by atoms with E-state index in [4.69, 9.17) is 4.74 Å². The van der Waals surface area contributed by atoms with E-state index >= 15 is 0 Å². The summed E-state index contributed by atoms with van der Waals surface area (Å²) in [4.78, 5) is 28.3. The van der Waals surface area contributed by atoms with Gasteiger partial charge >= 0.3 is 11.8 Å². The van der Waals surface area contributed by atoms with Gasteiger partial charge in [0.15, 0.2) is 6.04 Å². The van der Waals surface area contributed by atoms with Crippen LogP contribution in [0.5, 0.6) is 5.75 Å². The summed E-state index contributed by atoms with van der Waals surface area (Å²) < 4.78 is 6.22. The lowest BCUT2D eigenvalue weighted by Crippen LogP contribution is -2.82. The van der Waals surface area contributed by atoms with Gasteiger partial charge in [-0.05, 0) is 48.6 Å². The fourth-order valence-corrected chi connectivity index (χ4v) is 4.50. The summed E-state index contributed by atoms with van der Waals surface area (Å²) in [6, 6.07) is 15.7. The van der Waals surface area contributed by atoms with Gasteiger partial charge in [-0.3, -0.25) is 4.79 Å². The van der Waals surface area contributed by atoms with Gasteiger partial charge in [0.25, 0.3) is 5.91 Å². The Labute approximate surface area is 180 Å². The summed E-state index contributed by atoms with van der Waals surface area (Å²) in [6.45, 7) is 1.22. The lowest BCUT2D eigenvalue weighted by molar-refractivity contribution is -0.394. The Balaban J connectivity index is 1.22. The molecule has 7 heteroatoms. The molecule has 2 aromatic rings. The number of aliphatic hydroxyl groups excluding tert-OH is 1. The highest BCUT2D eigenvalue weighted by Gasteiger charge is 2.41. The first-order chi connectivity index (χ1) is 15.1. The van der Waals surface area contributed by atoms with Crippen molar-refractivity contribution in [2.75, 3.05) is 0 Å². The minimum absolute atomic E-state index is 0.112. The van der Waals surface area contributed by atoms with Crippen LogP contribution in [0.2, 0.25) is 0 Å². The molecule has 2 amide bonds. The number of aliphatic hydroxyl groups is 1. The summed E-state index contributed by atoms with van der Waals surface area (Å²) in [5.74, 6) is 0.273. The minimum Gasteiger partial charge on any atom is -0.489 e. The van der Waals surface area contributed by atoms with Crippen molar-refractivity contribution < 1.29 is 24.4 Å². The number of benzene rings is 2. The number of hydrogen-bond acceptors (Lipinski definition) is 4. The zero-order valence-electron chi connectivity index (χ0n) is 17.2. The van der Waals surface area contributed by atoms with Crippen LogP contribution in [0.25, 0.3) is 0 Å². The predicted octanol–water partition coefficient (Wildman–Crippen LogP) is 1.07. The van der Waals surface area contributed by atoms with E-state index in [1.807, 2.05) is 30.3 Å². The third-order valence-corrected chi connectivity index (χ3v) is 6.42. The van der Waals surface area contributed by atoms with Crippen LogP contribution in [0.3, 0.4) is 0 Å². The molecule has 1 unspecified atom stereocenters. The molecule has 5 rings (SSSR count). The molecule has 3 atom stereocenters. The number of rotatable bonds is 6. The van der Waals surface area contributed by atoms with Gasteiger partial charge in [0, 0.05) is 24.7 Å². The zero-order chi connectivity index (χ0) is 21.4. The number of carbonyl (C=O) groups is 2. The Hall–Kier alpha value is -3.19. The molecule has 0 spiro atoms. The monoisotopic (exact) mass is 420 g/mol. The molecule has 1 saturated carbocycles. The molecule has 1 aliphatic carbocycles. The molecule has 0 aromatic heterocycles. The molecule has 3 N–H and O–H groups in total. The summed E-state index contributed by atoms with van der Waals surface area (Å²) in [6.07, 6.45) is 2.91. The van der Waals surface area contributed by atoms with E-state index in [9.17, 15) is 14.7 Å². The van der Waals surface area contributed by atoms with Crippen LogP contribution in [-0.2, 0) is 17.9 Å². The average Bonchev–Trinajstić information content (AvgIpc) is 3.08. The first-order valence-corrected chi connectivity index (χ1v) is 10.8. The van der Waals surface area contributed by atoms with Crippen molar-refractivity contribution in [2.45, 2.75) is 57.0 Å². The number of hydrogen-bond donors (Lipinski definition) is 3. The van der Waals surface area contributed by atoms with E-state index in [0.717, 1.165) is 30.7 Å². The molecule has 3 aliphatic rings. The van der Waals surface area contributed by atoms with Gasteiger partial charge in [-0.1, -0.05) is 30.3 Å². The van der Waals surface area contributed by atoms with Crippen LogP contribution in [0, 0.1) is 0 Å². The maximum Gasteiger partial charge on any atom is 0.388 e. The van der Waals surface area contributed by atoms with Crippen LogP contribution in [0.1, 0.15) is 47.2 Å². The smallest absolute Gasteiger partial charge is 0.388 e. The molecule has 2 aromatic carbocycles. The normalized spacial score (nSPS) is 25.1. The standard InChI is InChI=1S/C24H25N3O4/c28-22-11-9-20(23(29)26-22)27-14-16-12-17(6-7-18(16)24(27)30)31-21-10-8-19(21)25-13-15-4-2-1-3-5-15/h1-7,12,19-21,25H,8-11,13-14H2,(H,26,28,29)/p+1/t19-,20?,21-/m0/s1. The van der Waals surface area contributed by atoms with E-state index in [1.54, 1.807) is 11.0 Å². The molecular formula is C24H26N3O4+. The number of amides is 2. The minimum atomic E-state index is -0.486. The molecule has 0 radical (unpaired) electrons. The maximum absolute atomic E-state index is 12.8. The van der Waals surface area contributed by atoms with Gasteiger partial charge in [-0.15, -0.1) is 4.99 Å². The largest absolute Gasteiger partial charge is 0.489 e. The molecule has 7 nitrogen and oxygen atoms in total. The van der Waals surface area contributed by atoms with Crippen LogP contribution >= 0.6 is 0 Å². The second-order valence-electron chi connectivity index (χ2n) is 8.45. The van der Waals surface area contributed by atoms with Gasteiger partial charge < -0.3 is 20.1 Å². The van der Waals surface area contributed by atoms with Crippen molar-refractivity contribution in [1.82, 2.24) is 10.2 Å². The number of ether oxygens (including phenoxy) is 1. The van der Waals surface area contributed by atoms with Gasteiger partial charge in [-0.2, -0.15) is 0 Å². The van der Waals surface area contributed by atoms with Gasteiger partial charge in [0.05, 0.1) is 6.42 Å². The number of carbonyl (C=O) groups excluding carboxylic acids is 2. The molecule has 2 heterocycles. The van der Waals surface area contributed by atoms with E-state index < -0.39 is 6.04 Å². The first kappa shape index (κ1) is 19.8. The second-order valence-corrected chi connectivity index (χ2v) is 8.45. The fourth-order valence-electron chi connectivity index (χ4n) is 4.50. The van der Waals surface area contributed by atoms with Crippen LogP contribution in [0.15, 0.2) is 48.5 Å². The second kappa shape index (κ2) is 8.15. The molecule has 0 saturated heterocycles. The number of nitrogens with one attached hydrogen (secondary N) is 2. The van der Waals surface area contributed by atoms with Crippen LogP contribution < -0.4 is 15.0 Å². The lowest BCUT2D eigenvalue weighted by atomic mass is 9.88. The van der Waals surface area contributed by atoms with Crippen molar-refractivity contribution in [3.05, 3.63) is 65.2 Å². The quantitative estimate of drug-likeness (QED) is 0.650. The molecule has 2 aliphatic heterocycles. The van der Waals surface area contributed by atoms with E-state index in [1.165, 1.54) is 5.56 Å². The zero-order valence-corrected chi connectivity index (χ0v) is 17.2. The van der Waals surface area contributed by atoms with Crippen LogP contribution in [-0.4, -0.2) is 45.9 Å². The third-order valence-electron chi connectivity index (χ3n) is 6.42. The third kappa shape index (κ3) is 3.93. The van der Waals surface area contributed by atoms with Gasteiger partial charge in [0.1, 0.15) is 11.9 Å². The molecule has 1 fully saturated rings. The molecule has 0 bridgehead atoms. The Kier molecular flexibility index (Phi) is 5.19. The number of nitrogens with zero attached hydrogens (tertiary/aromatic N) is 1. The van der Waals surface area contributed by atoms with Gasteiger partial charge in [-0.25, -0.2) is 4.79 Å². The topological polar surface area (TPSA) is 92.8 Å². The SMILES string of the molecule is O=C1CCC(N2Cc3cc(O[C@H]4CC[C@@H]4NCc4ccccc4)ccc3C2=O)C(O)=[NH+]1. The van der Waals surface area contributed by atoms with Crippen molar-refractivity contribution in [3.8, 4) is 5.75 Å². The first-order valence-electron chi connectivity index (χ1n) is 10.8. The van der Waals surface area contributed by atoms with Crippen molar-refractivity contribution >= 4 is 17.7 Å². The average molecular weight is 420 g/mol.